The molecule has 6 heteroatoms. The van der Waals surface area contributed by atoms with Gasteiger partial charge in [0.25, 0.3) is 0 Å². The van der Waals surface area contributed by atoms with Crippen LogP contribution in [0.25, 0.3) is 0 Å². The lowest BCUT2D eigenvalue weighted by Crippen LogP contribution is -2.35. The molecule has 0 spiro atoms. The molecule has 118 valence electrons. The Morgan fingerprint density at radius 2 is 1.86 bits per heavy atom. The first-order chi connectivity index (χ1) is 9.91. The summed E-state index contributed by atoms with van der Waals surface area (Å²) < 4.78 is 34.3. The summed E-state index contributed by atoms with van der Waals surface area (Å²) in [4.78, 5) is 0. The van der Waals surface area contributed by atoms with E-state index in [4.69, 9.17) is 9.47 Å². The Labute approximate surface area is 126 Å². The van der Waals surface area contributed by atoms with Gasteiger partial charge in [-0.15, -0.1) is 0 Å². The Hall–Kier alpha value is -1.27. The molecule has 0 amide bonds. The number of ether oxygens (including phenoxy) is 2. The number of hydrogen-bond donors (Lipinski definition) is 1. The van der Waals surface area contributed by atoms with Gasteiger partial charge in [0.1, 0.15) is 13.2 Å². The number of sulfone groups is 1. The predicted octanol–water partition coefficient (Wildman–Crippen LogP) is 1.93. The molecule has 2 rings (SSSR count). The zero-order chi connectivity index (χ0) is 15.5. The summed E-state index contributed by atoms with van der Waals surface area (Å²) in [5, 5.41) is 3.32. The van der Waals surface area contributed by atoms with Gasteiger partial charge in [-0.1, -0.05) is 13.0 Å². The highest BCUT2D eigenvalue weighted by Gasteiger charge is 2.18. The maximum atomic E-state index is 11.6. The lowest BCUT2D eigenvalue weighted by molar-refractivity contribution is 0.171. The van der Waals surface area contributed by atoms with Crippen molar-refractivity contribution in [1.29, 1.82) is 0 Å². The Bertz CT molecular complexity index is 585. The molecule has 0 radical (unpaired) electrons. The fraction of sp³-hybridized carbons (Fsp3) is 0.600. The molecular weight excluding hydrogens is 290 g/mol. The largest absolute Gasteiger partial charge is 0.486 e. The Balaban J connectivity index is 2.01. The average Bonchev–Trinajstić information content (AvgIpc) is 2.46. The Morgan fingerprint density at radius 1 is 1.19 bits per heavy atom. The number of rotatable bonds is 6. The van der Waals surface area contributed by atoms with Crippen LogP contribution in [-0.2, 0) is 9.84 Å². The maximum Gasteiger partial charge on any atom is 0.161 e. The molecular formula is C15H23NO4S. The van der Waals surface area contributed by atoms with Gasteiger partial charge in [0.15, 0.2) is 21.3 Å². The molecule has 1 aromatic rings. The summed E-state index contributed by atoms with van der Waals surface area (Å²) in [5.41, 5.74) is 1.06. The van der Waals surface area contributed by atoms with Crippen LogP contribution in [0.15, 0.2) is 18.2 Å². The first-order valence-electron chi connectivity index (χ1n) is 7.27. The monoisotopic (exact) mass is 313 g/mol. The number of nitrogens with one attached hydrogen (secondary N) is 1. The highest BCUT2D eigenvalue weighted by molar-refractivity contribution is 7.91. The van der Waals surface area contributed by atoms with Crippen molar-refractivity contribution in [1.82, 2.24) is 5.32 Å². The molecule has 0 saturated heterocycles. The summed E-state index contributed by atoms with van der Waals surface area (Å²) in [5.74, 6) is 1.84. The summed E-state index contributed by atoms with van der Waals surface area (Å²) in [6.45, 7) is 6.71. The average molecular weight is 313 g/mol. The van der Waals surface area contributed by atoms with E-state index in [0.717, 1.165) is 17.1 Å². The fourth-order valence-electron chi connectivity index (χ4n) is 2.40. The number of fused-ring (bicyclic) bond motifs is 1. The topological polar surface area (TPSA) is 64.6 Å². The quantitative estimate of drug-likeness (QED) is 0.869. The van der Waals surface area contributed by atoms with Gasteiger partial charge < -0.3 is 14.8 Å². The standard InChI is InChI=1S/C15H23NO4S/c1-4-21(17,18)10-11(2)16-12(3)13-5-6-14-15(9-13)20-8-7-19-14/h5-6,9,11-12,16H,4,7-8,10H2,1-3H3. The SMILES string of the molecule is CCS(=O)(=O)CC(C)NC(C)c1ccc2c(c1)OCCO2. The van der Waals surface area contributed by atoms with Gasteiger partial charge in [-0.05, 0) is 31.5 Å². The third-order valence-electron chi connectivity index (χ3n) is 3.54. The van der Waals surface area contributed by atoms with E-state index in [2.05, 4.69) is 5.32 Å². The van der Waals surface area contributed by atoms with Crippen LogP contribution in [0.2, 0.25) is 0 Å². The molecule has 0 aliphatic carbocycles. The molecule has 1 aliphatic rings. The lowest BCUT2D eigenvalue weighted by Gasteiger charge is -2.23. The molecule has 0 fully saturated rings. The molecule has 1 heterocycles. The zero-order valence-corrected chi connectivity index (χ0v) is 13.6. The summed E-state index contributed by atoms with van der Waals surface area (Å²) in [7, 11) is -2.97. The van der Waals surface area contributed by atoms with Crippen molar-refractivity contribution >= 4 is 9.84 Å². The van der Waals surface area contributed by atoms with Crippen LogP contribution in [0.1, 0.15) is 32.4 Å². The van der Waals surface area contributed by atoms with Gasteiger partial charge in [-0.2, -0.15) is 0 Å². The molecule has 2 unspecified atom stereocenters. The summed E-state index contributed by atoms with van der Waals surface area (Å²) >= 11 is 0. The molecule has 2 atom stereocenters. The van der Waals surface area contributed by atoms with Crippen molar-refractivity contribution in [3.05, 3.63) is 23.8 Å². The second-order valence-corrected chi connectivity index (χ2v) is 7.79. The van der Waals surface area contributed by atoms with Crippen molar-refractivity contribution in [2.24, 2.45) is 0 Å². The third-order valence-corrected chi connectivity index (χ3v) is 5.43. The highest BCUT2D eigenvalue weighted by Crippen LogP contribution is 2.32. The molecule has 0 saturated carbocycles. The van der Waals surface area contributed by atoms with Crippen molar-refractivity contribution < 1.29 is 17.9 Å². The fourth-order valence-corrected chi connectivity index (χ4v) is 3.49. The second-order valence-electron chi connectivity index (χ2n) is 5.39. The molecule has 1 aromatic carbocycles. The smallest absolute Gasteiger partial charge is 0.161 e. The van der Waals surface area contributed by atoms with Crippen LogP contribution in [0.5, 0.6) is 11.5 Å². The van der Waals surface area contributed by atoms with Crippen molar-refractivity contribution in [3.8, 4) is 11.5 Å². The van der Waals surface area contributed by atoms with Gasteiger partial charge >= 0.3 is 0 Å². The summed E-state index contributed by atoms with van der Waals surface area (Å²) in [6.07, 6.45) is 0. The van der Waals surface area contributed by atoms with E-state index in [1.54, 1.807) is 6.92 Å². The van der Waals surface area contributed by atoms with Crippen molar-refractivity contribution in [2.45, 2.75) is 32.9 Å². The van der Waals surface area contributed by atoms with Crippen molar-refractivity contribution in [3.63, 3.8) is 0 Å². The van der Waals surface area contributed by atoms with Gasteiger partial charge in [0.05, 0.1) is 5.75 Å². The van der Waals surface area contributed by atoms with Crippen LogP contribution in [0.3, 0.4) is 0 Å². The van der Waals surface area contributed by atoms with E-state index < -0.39 is 9.84 Å². The van der Waals surface area contributed by atoms with E-state index in [1.807, 2.05) is 32.0 Å². The number of hydrogen-bond acceptors (Lipinski definition) is 5. The normalized spacial score (nSPS) is 17.3. The molecule has 0 bridgehead atoms. The molecule has 0 aromatic heterocycles. The van der Waals surface area contributed by atoms with Crippen LogP contribution in [-0.4, -0.2) is 39.2 Å². The molecule has 21 heavy (non-hydrogen) atoms. The van der Waals surface area contributed by atoms with E-state index in [1.165, 1.54) is 0 Å². The minimum Gasteiger partial charge on any atom is -0.486 e. The predicted molar refractivity (Wildman–Crippen MR) is 82.8 cm³/mol. The van der Waals surface area contributed by atoms with Crippen LogP contribution >= 0.6 is 0 Å². The third kappa shape index (κ3) is 4.35. The maximum absolute atomic E-state index is 11.6. The van der Waals surface area contributed by atoms with Gasteiger partial charge in [-0.3, -0.25) is 0 Å². The first kappa shape index (κ1) is 16.1. The Morgan fingerprint density at radius 3 is 2.52 bits per heavy atom. The highest BCUT2D eigenvalue weighted by atomic mass is 32.2. The zero-order valence-electron chi connectivity index (χ0n) is 12.8. The molecule has 5 nitrogen and oxygen atoms in total. The van der Waals surface area contributed by atoms with E-state index >= 15 is 0 Å². The molecule has 1 aliphatic heterocycles. The van der Waals surface area contributed by atoms with Crippen molar-refractivity contribution in [2.75, 3.05) is 24.7 Å². The van der Waals surface area contributed by atoms with Gasteiger partial charge in [-0.25, -0.2) is 8.42 Å². The van der Waals surface area contributed by atoms with Gasteiger partial charge in [0.2, 0.25) is 0 Å². The molecule has 1 N–H and O–H groups in total. The minimum atomic E-state index is -2.97. The van der Waals surface area contributed by atoms with Crippen LogP contribution in [0.4, 0.5) is 0 Å². The van der Waals surface area contributed by atoms with Crippen LogP contribution in [0, 0.1) is 0 Å². The van der Waals surface area contributed by atoms with E-state index in [0.29, 0.717) is 13.2 Å². The van der Waals surface area contributed by atoms with E-state index in [-0.39, 0.29) is 23.6 Å². The lowest BCUT2D eigenvalue weighted by atomic mass is 10.1. The summed E-state index contributed by atoms with van der Waals surface area (Å²) in [6, 6.07) is 5.77. The minimum absolute atomic E-state index is 0.0443. The van der Waals surface area contributed by atoms with Crippen LogP contribution < -0.4 is 14.8 Å². The number of benzene rings is 1. The second kappa shape index (κ2) is 6.66. The van der Waals surface area contributed by atoms with E-state index in [9.17, 15) is 8.42 Å². The first-order valence-corrected chi connectivity index (χ1v) is 9.09. The Kier molecular flexibility index (Phi) is 5.11. The van der Waals surface area contributed by atoms with Gasteiger partial charge in [0, 0.05) is 17.8 Å².